The van der Waals surface area contributed by atoms with Crippen LogP contribution in [0.25, 0.3) is 0 Å². The Balaban J connectivity index is 2.24. The molecule has 0 aromatic heterocycles. The van der Waals surface area contributed by atoms with Crippen LogP contribution in [-0.2, 0) is 11.2 Å². The Morgan fingerprint density at radius 2 is 1.94 bits per heavy atom. The zero-order valence-electron chi connectivity index (χ0n) is 10.8. The first-order valence-corrected chi connectivity index (χ1v) is 6.04. The summed E-state index contributed by atoms with van der Waals surface area (Å²) < 4.78 is 5.10. The van der Waals surface area contributed by atoms with E-state index in [0.717, 1.165) is 25.1 Å². The minimum absolute atomic E-state index is 0.0657. The fraction of sp³-hybridized carbons (Fsp3) is 0.500. The topological polar surface area (TPSA) is 38.3 Å². The summed E-state index contributed by atoms with van der Waals surface area (Å²) in [5.41, 5.74) is 1.27. The van der Waals surface area contributed by atoms with Crippen molar-refractivity contribution < 1.29 is 9.53 Å². The van der Waals surface area contributed by atoms with Crippen LogP contribution in [0.3, 0.4) is 0 Å². The summed E-state index contributed by atoms with van der Waals surface area (Å²) >= 11 is 0. The van der Waals surface area contributed by atoms with Crippen molar-refractivity contribution in [1.29, 1.82) is 0 Å². The molecule has 0 aliphatic rings. The second kappa shape index (κ2) is 6.94. The molecular weight excluding hydrogens is 214 g/mol. The highest BCUT2D eigenvalue weighted by Crippen LogP contribution is 2.12. The van der Waals surface area contributed by atoms with Gasteiger partial charge in [-0.3, -0.25) is 4.79 Å². The Bertz CT molecular complexity index is 344. The SMILES string of the molecule is COc1ccc(CCCNC(=O)C(C)C)cc1. The van der Waals surface area contributed by atoms with Gasteiger partial charge in [-0.05, 0) is 30.5 Å². The van der Waals surface area contributed by atoms with Gasteiger partial charge >= 0.3 is 0 Å². The van der Waals surface area contributed by atoms with Crippen LogP contribution in [-0.4, -0.2) is 19.6 Å². The smallest absolute Gasteiger partial charge is 0.222 e. The van der Waals surface area contributed by atoms with Crippen LogP contribution in [0.4, 0.5) is 0 Å². The van der Waals surface area contributed by atoms with E-state index in [1.165, 1.54) is 5.56 Å². The molecule has 3 heteroatoms. The minimum atomic E-state index is 0.0657. The molecule has 0 fully saturated rings. The number of benzene rings is 1. The van der Waals surface area contributed by atoms with E-state index >= 15 is 0 Å². The number of rotatable bonds is 6. The molecular formula is C14H21NO2. The van der Waals surface area contributed by atoms with Gasteiger partial charge in [-0.25, -0.2) is 0 Å². The van der Waals surface area contributed by atoms with E-state index in [4.69, 9.17) is 4.74 Å². The van der Waals surface area contributed by atoms with E-state index in [1.807, 2.05) is 26.0 Å². The van der Waals surface area contributed by atoms with Crippen LogP contribution in [0.1, 0.15) is 25.8 Å². The summed E-state index contributed by atoms with van der Waals surface area (Å²) in [5, 5.41) is 2.91. The average Bonchev–Trinajstić information content (AvgIpc) is 2.35. The van der Waals surface area contributed by atoms with Gasteiger partial charge in [0.2, 0.25) is 5.91 Å². The van der Waals surface area contributed by atoms with E-state index in [0.29, 0.717) is 0 Å². The molecule has 0 saturated heterocycles. The van der Waals surface area contributed by atoms with Crippen LogP contribution < -0.4 is 10.1 Å². The minimum Gasteiger partial charge on any atom is -0.497 e. The number of hydrogen-bond donors (Lipinski definition) is 1. The maximum Gasteiger partial charge on any atom is 0.222 e. The molecule has 1 aromatic rings. The molecule has 17 heavy (non-hydrogen) atoms. The molecule has 0 aliphatic heterocycles. The number of methoxy groups -OCH3 is 1. The van der Waals surface area contributed by atoms with E-state index in [1.54, 1.807) is 7.11 Å². The Labute approximate surface area is 103 Å². The monoisotopic (exact) mass is 235 g/mol. The van der Waals surface area contributed by atoms with Crippen LogP contribution in [0.5, 0.6) is 5.75 Å². The van der Waals surface area contributed by atoms with Gasteiger partial charge in [-0.1, -0.05) is 26.0 Å². The normalized spacial score (nSPS) is 10.4. The highest BCUT2D eigenvalue weighted by atomic mass is 16.5. The number of nitrogens with one attached hydrogen (secondary N) is 1. The van der Waals surface area contributed by atoms with Crippen LogP contribution in [0.15, 0.2) is 24.3 Å². The van der Waals surface area contributed by atoms with Gasteiger partial charge < -0.3 is 10.1 Å². The van der Waals surface area contributed by atoms with Crippen molar-refractivity contribution in [3.63, 3.8) is 0 Å². The summed E-state index contributed by atoms with van der Waals surface area (Å²) in [6.45, 7) is 4.54. The molecule has 0 atom stereocenters. The van der Waals surface area contributed by atoms with Gasteiger partial charge in [0.1, 0.15) is 5.75 Å². The zero-order chi connectivity index (χ0) is 12.7. The molecule has 0 aliphatic carbocycles. The Morgan fingerprint density at radius 1 is 1.29 bits per heavy atom. The second-order valence-electron chi connectivity index (χ2n) is 4.40. The third kappa shape index (κ3) is 4.89. The summed E-state index contributed by atoms with van der Waals surface area (Å²) in [5.74, 6) is 1.07. The molecule has 0 radical (unpaired) electrons. The Kier molecular flexibility index (Phi) is 5.53. The third-order valence-electron chi connectivity index (χ3n) is 2.62. The highest BCUT2D eigenvalue weighted by molar-refractivity contribution is 5.77. The highest BCUT2D eigenvalue weighted by Gasteiger charge is 2.04. The summed E-state index contributed by atoms with van der Waals surface area (Å²) in [6, 6.07) is 8.04. The van der Waals surface area contributed by atoms with E-state index < -0.39 is 0 Å². The lowest BCUT2D eigenvalue weighted by molar-refractivity contribution is -0.123. The molecule has 1 N–H and O–H groups in total. The van der Waals surface area contributed by atoms with E-state index in [-0.39, 0.29) is 11.8 Å². The van der Waals surface area contributed by atoms with Gasteiger partial charge in [0.05, 0.1) is 7.11 Å². The number of hydrogen-bond acceptors (Lipinski definition) is 2. The summed E-state index contributed by atoms with van der Waals surface area (Å²) in [7, 11) is 1.66. The van der Waals surface area contributed by atoms with Crippen molar-refractivity contribution in [1.82, 2.24) is 5.32 Å². The number of carbonyl (C=O) groups excluding carboxylic acids is 1. The molecule has 3 nitrogen and oxygen atoms in total. The van der Waals surface area contributed by atoms with Crippen molar-refractivity contribution in [2.75, 3.05) is 13.7 Å². The molecule has 0 bridgehead atoms. The van der Waals surface area contributed by atoms with Crippen molar-refractivity contribution in [3.8, 4) is 5.75 Å². The first-order valence-electron chi connectivity index (χ1n) is 6.04. The molecule has 0 saturated carbocycles. The van der Waals surface area contributed by atoms with E-state index in [2.05, 4.69) is 17.4 Å². The maximum atomic E-state index is 11.3. The van der Waals surface area contributed by atoms with Gasteiger partial charge in [0.15, 0.2) is 0 Å². The molecule has 1 aromatic carbocycles. The second-order valence-corrected chi connectivity index (χ2v) is 4.40. The molecule has 0 spiro atoms. The Hall–Kier alpha value is -1.51. The standard InChI is InChI=1S/C14H21NO2/c1-11(2)14(16)15-10-4-5-12-6-8-13(17-3)9-7-12/h6-9,11H,4-5,10H2,1-3H3,(H,15,16). The average molecular weight is 235 g/mol. The van der Waals surface area contributed by atoms with Crippen molar-refractivity contribution >= 4 is 5.91 Å². The fourth-order valence-corrected chi connectivity index (χ4v) is 1.50. The van der Waals surface area contributed by atoms with Gasteiger partial charge in [-0.2, -0.15) is 0 Å². The molecule has 94 valence electrons. The lowest BCUT2D eigenvalue weighted by atomic mass is 10.1. The van der Waals surface area contributed by atoms with Crippen molar-refractivity contribution in [3.05, 3.63) is 29.8 Å². The van der Waals surface area contributed by atoms with Gasteiger partial charge in [-0.15, -0.1) is 0 Å². The molecule has 0 heterocycles. The largest absolute Gasteiger partial charge is 0.497 e. The van der Waals surface area contributed by atoms with E-state index in [9.17, 15) is 4.79 Å². The first-order chi connectivity index (χ1) is 8.13. The maximum absolute atomic E-state index is 11.3. The third-order valence-corrected chi connectivity index (χ3v) is 2.62. The molecule has 1 rings (SSSR count). The zero-order valence-corrected chi connectivity index (χ0v) is 10.8. The fourth-order valence-electron chi connectivity index (χ4n) is 1.50. The van der Waals surface area contributed by atoms with Crippen molar-refractivity contribution in [2.45, 2.75) is 26.7 Å². The van der Waals surface area contributed by atoms with Crippen LogP contribution in [0.2, 0.25) is 0 Å². The number of aryl methyl sites for hydroxylation is 1. The summed E-state index contributed by atoms with van der Waals surface area (Å²) in [6.07, 6.45) is 1.94. The predicted molar refractivity (Wildman–Crippen MR) is 69.2 cm³/mol. The molecule has 0 unspecified atom stereocenters. The predicted octanol–water partition coefficient (Wildman–Crippen LogP) is 2.40. The quantitative estimate of drug-likeness (QED) is 0.769. The van der Waals surface area contributed by atoms with Gasteiger partial charge in [0.25, 0.3) is 0 Å². The lowest BCUT2D eigenvalue weighted by Crippen LogP contribution is -2.28. The van der Waals surface area contributed by atoms with Crippen LogP contribution >= 0.6 is 0 Å². The number of amides is 1. The van der Waals surface area contributed by atoms with Gasteiger partial charge in [0, 0.05) is 12.5 Å². The lowest BCUT2D eigenvalue weighted by Gasteiger charge is -2.07. The number of carbonyl (C=O) groups is 1. The van der Waals surface area contributed by atoms with Crippen molar-refractivity contribution in [2.24, 2.45) is 5.92 Å². The molecule has 1 amide bonds. The Morgan fingerprint density at radius 3 is 2.47 bits per heavy atom. The first kappa shape index (κ1) is 13.6. The summed E-state index contributed by atoms with van der Waals surface area (Å²) in [4.78, 5) is 11.3. The van der Waals surface area contributed by atoms with Crippen LogP contribution in [0, 0.1) is 5.92 Å². The number of ether oxygens (including phenoxy) is 1.